The molecule has 0 aromatic heterocycles. The first-order valence-electron chi connectivity index (χ1n) is 15.3. The third kappa shape index (κ3) is 4.00. The van der Waals surface area contributed by atoms with E-state index in [4.69, 9.17) is 9.47 Å². The van der Waals surface area contributed by atoms with E-state index in [1.807, 2.05) is 31.2 Å². The van der Waals surface area contributed by atoms with E-state index in [2.05, 4.69) is 6.58 Å². The predicted octanol–water partition coefficient (Wildman–Crippen LogP) is 5.49. The van der Waals surface area contributed by atoms with Crippen molar-refractivity contribution in [2.75, 3.05) is 24.0 Å². The molecule has 7 rings (SSSR count). The molecule has 6 unspecified atom stereocenters. The number of phenols is 1. The summed E-state index contributed by atoms with van der Waals surface area (Å²) >= 11 is 0. The lowest BCUT2D eigenvalue weighted by Crippen LogP contribution is -2.48. The average Bonchev–Trinajstić information content (AvgIpc) is 3.44. The van der Waals surface area contributed by atoms with Crippen LogP contribution < -0.4 is 19.3 Å². The molecular weight excluding hydrogens is 584 g/mol. The van der Waals surface area contributed by atoms with Crippen molar-refractivity contribution in [1.29, 1.82) is 0 Å². The highest BCUT2D eigenvalue weighted by Gasteiger charge is 2.67. The number of phenolic OH excluding ortho intramolecular Hbond substituents is 1. The number of amides is 4. The molecule has 0 spiro atoms. The van der Waals surface area contributed by atoms with Gasteiger partial charge in [0.25, 0.3) is 0 Å². The summed E-state index contributed by atoms with van der Waals surface area (Å²) in [4.78, 5) is 59.5. The summed E-state index contributed by atoms with van der Waals surface area (Å²) in [6, 6.07) is 19.3. The summed E-state index contributed by atoms with van der Waals surface area (Å²) in [5.74, 6) is -4.35. The molecule has 1 saturated carbocycles. The van der Waals surface area contributed by atoms with Crippen molar-refractivity contribution in [3.63, 3.8) is 0 Å². The van der Waals surface area contributed by atoms with Crippen LogP contribution in [0.5, 0.6) is 17.2 Å². The Balaban J connectivity index is 1.39. The van der Waals surface area contributed by atoms with Crippen molar-refractivity contribution >= 4 is 41.1 Å². The molecule has 0 bridgehead atoms. The molecule has 4 aliphatic rings. The van der Waals surface area contributed by atoms with Crippen LogP contribution >= 0.6 is 0 Å². The third-order valence-electron chi connectivity index (χ3n) is 10.5. The Morgan fingerprint density at radius 3 is 2.09 bits per heavy atom. The SMILES string of the molecule is C=Cc1ccc(N2C(=O)C3CC=C4C(CC5C(=O)N(c6ccccc6)C(=O)C5(C)C4c4cc(OC)c(O)c(OC)c4)C3C2=O)cc1. The maximum Gasteiger partial charge on any atom is 0.241 e. The quantitative estimate of drug-likeness (QED) is 0.287. The predicted molar refractivity (Wildman–Crippen MR) is 171 cm³/mol. The van der Waals surface area contributed by atoms with Gasteiger partial charge in [0, 0.05) is 5.92 Å². The minimum absolute atomic E-state index is 0.156. The summed E-state index contributed by atoms with van der Waals surface area (Å²) in [7, 11) is 2.86. The summed E-state index contributed by atoms with van der Waals surface area (Å²) in [6.45, 7) is 5.59. The van der Waals surface area contributed by atoms with Gasteiger partial charge in [-0.3, -0.25) is 24.1 Å². The Hall–Kier alpha value is -5.18. The van der Waals surface area contributed by atoms with Crippen molar-refractivity contribution in [2.45, 2.75) is 25.7 Å². The van der Waals surface area contributed by atoms with Gasteiger partial charge in [0.15, 0.2) is 11.5 Å². The Morgan fingerprint density at radius 1 is 0.848 bits per heavy atom. The van der Waals surface area contributed by atoms with Crippen molar-refractivity contribution in [3.8, 4) is 17.2 Å². The summed E-state index contributed by atoms with van der Waals surface area (Å²) < 4.78 is 11.0. The zero-order chi connectivity index (χ0) is 32.5. The molecular formula is C37H34N2O7. The number of ether oxygens (including phenoxy) is 2. The number of methoxy groups -OCH3 is 2. The topological polar surface area (TPSA) is 113 Å². The molecule has 1 N–H and O–H groups in total. The number of aromatic hydroxyl groups is 1. The second kappa shape index (κ2) is 10.7. The smallest absolute Gasteiger partial charge is 0.241 e. The maximum atomic E-state index is 14.6. The summed E-state index contributed by atoms with van der Waals surface area (Å²) in [5.41, 5.74) is 2.04. The number of nitrogens with zero attached hydrogens (tertiary/aromatic N) is 2. The fourth-order valence-corrected chi connectivity index (χ4v) is 8.31. The van der Waals surface area contributed by atoms with Crippen molar-refractivity contribution in [2.24, 2.45) is 29.1 Å². The van der Waals surface area contributed by atoms with Gasteiger partial charge >= 0.3 is 0 Å². The lowest BCUT2D eigenvalue weighted by molar-refractivity contribution is -0.131. The maximum absolute atomic E-state index is 14.6. The van der Waals surface area contributed by atoms with Gasteiger partial charge in [-0.1, -0.05) is 54.6 Å². The molecule has 9 nitrogen and oxygen atoms in total. The monoisotopic (exact) mass is 618 g/mol. The Labute approximate surface area is 266 Å². The zero-order valence-corrected chi connectivity index (χ0v) is 25.8. The zero-order valence-electron chi connectivity index (χ0n) is 25.8. The van der Waals surface area contributed by atoms with Gasteiger partial charge in [-0.25, -0.2) is 4.90 Å². The second-order valence-corrected chi connectivity index (χ2v) is 12.6. The number of rotatable bonds is 6. The van der Waals surface area contributed by atoms with Gasteiger partial charge in [0.1, 0.15) is 0 Å². The van der Waals surface area contributed by atoms with E-state index < -0.39 is 35.0 Å². The van der Waals surface area contributed by atoms with Crippen LogP contribution in [-0.4, -0.2) is 43.0 Å². The average molecular weight is 619 g/mol. The largest absolute Gasteiger partial charge is 0.502 e. The van der Waals surface area contributed by atoms with Crippen LogP contribution in [0.2, 0.25) is 0 Å². The van der Waals surface area contributed by atoms with Crippen LogP contribution in [0.1, 0.15) is 36.8 Å². The number of imide groups is 2. The first-order valence-corrected chi connectivity index (χ1v) is 15.3. The van der Waals surface area contributed by atoms with Gasteiger partial charge in [-0.15, -0.1) is 0 Å². The molecule has 2 heterocycles. The van der Waals surface area contributed by atoms with Crippen LogP contribution in [0.25, 0.3) is 6.08 Å². The number of hydrogen-bond donors (Lipinski definition) is 1. The number of carbonyl (C=O) groups excluding carboxylic acids is 4. The van der Waals surface area contributed by atoms with Crippen molar-refractivity contribution in [3.05, 3.63) is 96.1 Å². The van der Waals surface area contributed by atoms with E-state index in [1.165, 1.54) is 24.0 Å². The van der Waals surface area contributed by atoms with E-state index in [0.29, 0.717) is 23.4 Å². The lowest BCUT2D eigenvalue weighted by Gasteiger charge is -2.49. The Kier molecular flexibility index (Phi) is 6.88. The van der Waals surface area contributed by atoms with Crippen LogP contribution in [-0.2, 0) is 19.2 Å². The standard InChI is InChI=1S/C37H34N2O7/c1-5-20-11-13-23(14-12-20)38-33(41)25-16-15-24-26(30(25)35(38)43)19-27-34(42)39(22-9-7-6-8-10-22)36(44)37(27,2)31(24)21-17-28(45-3)32(40)29(18-21)46-4/h5-15,17-18,25-27,30-31,40H,1,16,19H2,2-4H3. The van der Waals surface area contributed by atoms with Crippen LogP contribution in [0.3, 0.4) is 0 Å². The minimum Gasteiger partial charge on any atom is -0.502 e. The number of hydrogen-bond acceptors (Lipinski definition) is 7. The van der Waals surface area contributed by atoms with Crippen LogP contribution in [0.15, 0.2) is 85.0 Å². The van der Waals surface area contributed by atoms with Crippen LogP contribution in [0.4, 0.5) is 11.4 Å². The van der Waals surface area contributed by atoms with Gasteiger partial charge < -0.3 is 14.6 Å². The number of benzene rings is 3. The lowest BCUT2D eigenvalue weighted by atomic mass is 9.51. The molecule has 2 aliphatic carbocycles. The third-order valence-corrected chi connectivity index (χ3v) is 10.5. The molecule has 6 atom stereocenters. The molecule has 3 aromatic rings. The number of allylic oxidation sites excluding steroid dienone is 2. The second-order valence-electron chi connectivity index (χ2n) is 12.6. The molecule has 0 radical (unpaired) electrons. The molecule has 9 heteroatoms. The van der Waals surface area contributed by atoms with E-state index in [0.717, 1.165) is 11.1 Å². The Bertz CT molecular complexity index is 1810. The molecule has 2 aliphatic heterocycles. The first-order chi connectivity index (χ1) is 22.1. The van der Waals surface area contributed by atoms with Crippen LogP contribution in [0, 0.1) is 29.1 Å². The van der Waals surface area contributed by atoms with Gasteiger partial charge in [-0.05, 0) is 73.2 Å². The van der Waals surface area contributed by atoms with E-state index in [-0.39, 0.29) is 47.3 Å². The van der Waals surface area contributed by atoms with Crippen molar-refractivity contribution in [1.82, 2.24) is 0 Å². The van der Waals surface area contributed by atoms with E-state index in [9.17, 15) is 24.3 Å². The molecule has 234 valence electrons. The highest BCUT2D eigenvalue weighted by molar-refractivity contribution is 6.25. The van der Waals surface area contributed by atoms with Gasteiger partial charge in [-0.2, -0.15) is 0 Å². The molecule has 4 amide bonds. The number of anilines is 2. The number of para-hydroxylation sites is 1. The number of carbonyl (C=O) groups is 4. The molecule has 46 heavy (non-hydrogen) atoms. The fraction of sp³-hybridized carbons (Fsp3) is 0.297. The molecule has 2 saturated heterocycles. The molecule has 3 aromatic carbocycles. The van der Waals surface area contributed by atoms with Gasteiger partial charge in [0.2, 0.25) is 29.4 Å². The first kappa shape index (κ1) is 29.5. The fourth-order valence-electron chi connectivity index (χ4n) is 8.31. The van der Waals surface area contributed by atoms with Crippen molar-refractivity contribution < 1.29 is 33.8 Å². The summed E-state index contributed by atoms with van der Waals surface area (Å²) in [5, 5.41) is 10.8. The highest BCUT2D eigenvalue weighted by Crippen LogP contribution is 2.64. The molecule has 3 fully saturated rings. The van der Waals surface area contributed by atoms with E-state index in [1.54, 1.807) is 54.6 Å². The van der Waals surface area contributed by atoms with Gasteiger partial charge in [0.05, 0.1) is 48.8 Å². The normalized spacial score (nSPS) is 28.4. The highest BCUT2D eigenvalue weighted by atomic mass is 16.5. The summed E-state index contributed by atoms with van der Waals surface area (Å²) in [6.07, 6.45) is 4.24. The Morgan fingerprint density at radius 2 is 1.48 bits per heavy atom. The minimum atomic E-state index is -1.24. The number of fused-ring (bicyclic) bond motifs is 4. The van der Waals surface area contributed by atoms with E-state index >= 15 is 0 Å².